The van der Waals surface area contributed by atoms with Gasteiger partial charge in [0.1, 0.15) is 5.69 Å². The van der Waals surface area contributed by atoms with Crippen LogP contribution in [0.4, 0.5) is 0 Å². The third kappa shape index (κ3) is 3.94. The molecule has 0 radical (unpaired) electrons. The van der Waals surface area contributed by atoms with Gasteiger partial charge in [0.2, 0.25) is 0 Å². The number of rotatable bonds is 5. The van der Waals surface area contributed by atoms with Gasteiger partial charge in [0.05, 0.1) is 11.2 Å². The minimum absolute atomic E-state index is 0.505. The van der Waals surface area contributed by atoms with Crippen molar-refractivity contribution >= 4 is 10.9 Å². The Labute approximate surface area is 201 Å². The molecule has 0 aliphatic carbocycles. The summed E-state index contributed by atoms with van der Waals surface area (Å²) in [6.45, 7) is 0.505. The Morgan fingerprint density at radius 2 is 1.51 bits per heavy atom. The maximum atomic E-state index is 5.81. The molecule has 0 saturated heterocycles. The van der Waals surface area contributed by atoms with Crippen molar-refractivity contribution in [1.82, 2.24) is 30.1 Å². The van der Waals surface area contributed by atoms with E-state index in [1.807, 2.05) is 48.5 Å². The molecule has 4 heterocycles. The summed E-state index contributed by atoms with van der Waals surface area (Å²) >= 11 is 0. The normalized spacial score (nSPS) is 11.1. The van der Waals surface area contributed by atoms with Gasteiger partial charge in [-0.1, -0.05) is 54.6 Å². The van der Waals surface area contributed by atoms with E-state index < -0.39 is 0 Å². The molecule has 35 heavy (non-hydrogen) atoms. The highest BCUT2D eigenvalue weighted by molar-refractivity contribution is 5.97. The molecule has 0 spiro atoms. The van der Waals surface area contributed by atoms with Gasteiger partial charge in [-0.15, -0.1) is 0 Å². The first kappa shape index (κ1) is 20.8. The average Bonchev–Trinajstić information content (AvgIpc) is 3.43. The van der Waals surface area contributed by atoms with Crippen molar-refractivity contribution in [1.29, 1.82) is 0 Å². The zero-order valence-corrected chi connectivity index (χ0v) is 18.8. The molecule has 6 rings (SSSR count). The molecule has 7 nitrogen and oxygen atoms in total. The SMILES string of the molecule is NCc1ccc(-c2nc3ccnc(-c4nc(-c5ccncc5)n[nH]4)c3cc2-c2ccccc2)cc1. The molecule has 168 valence electrons. The van der Waals surface area contributed by atoms with Gasteiger partial charge in [-0.3, -0.25) is 15.1 Å². The van der Waals surface area contributed by atoms with Gasteiger partial charge in [-0.25, -0.2) is 9.97 Å². The predicted octanol–water partition coefficient (Wildman–Crippen LogP) is 5.27. The summed E-state index contributed by atoms with van der Waals surface area (Å²) in [5.41, 5.74) is 13.3. The number of pyridine rings is 3. The molecule has 7 heteroatoms. The van der Waals surface area contributed by atoms with Gasteiger partial charge in [-0.2, -0.15) is 5.10 Å². The largest absolute Gasteiger partial charge is 0.326 e. The second-order valence-corrected chi connectivity index (χ2v) is 8.12. The first-order valence-electron chi connectivity index (χ1n) is 11.3. The van der Waals surface area contributed by atoms with Crippen molar-refractivity contribution in [3.63, 3.8) is 0 Å². The van der Waals surface area contributed by atoms with Gasteiger partial charge >= 0.3 is 0 Å². The molecule has 6 aromatic rings. The summed E-state index contributed by atoms with van der Waals surface area (Å²) in [6, 6.07) is 26.3. The fourth-order valence-electron chi connectivity index (χ4n) is 4.14. The van der Waals surface area contributed by atoms with Crippen LogP contribution < -0.4 is 5.73 Å². The number of H-pyrrole nitrogens is 1. The standard InChI is InChI=1S/C28H21N7/c29-17-18-6-8-20(9-7-18)25-22(19-4-2-1-3-5-19)16-23-24(32-25)12-15-31-26(23)28-33-27(34-35-28)21-10-13-30-14-11-21/h1-16H,17,29H2,(H,33,34,35). The lowest BCUT2D eigenvalue weighted by molar-refractivity contribution is 1.07. The van der Waals surface area contributed by atoms with E-state index in [0.717, 1.165) is 44.4 Å². The summed E-state index contributed by atoms with van der Waals surface area (Å²) in [5.74, 6) is 1.18. The van der Waals surface area contributed by atoms with Crippen LogP contribution in [0.5, 0.6) is 0 Å². The smallest absolute Gasteiger partial charge is 0.181 e. The van der Waals surface area contributed by atoms with Gasteiger partial charge in [0.15, 0.2) is 11.6 Å². The maximum absolute atomic E-state index is 5.81. The lowest BCUT2D eigenvalue weighted by Gasteiger charge is -2.13. The molecule has 0 atom stereocenters. The van der Waals surface area contributed by atoms with Crippen LogP contribution in [0.25, 0.3) is 56.2 Å². The Balaban J connectivity index is 1.54. The summed E-state index contributed by atoms with van der Waals surface area (Å²) in [6.07, 6.45) is 5.20. The summed E-state index contributed by atoms with van der Waals surface area (Å²) in [7, 11) is 0. The Kier molecular flexibility index (Phi) is 5.29. The van der Waals surface area contributed by atoms with Crippen LogP contribution in [-0.2, 0) is 6.54 Å². The molecule has 0 fully saturated rings. The van der Waals surface area contributed by atoms with Gasteiger partial charge in [0, 0.05) is 47.2 Å². The number of aromatic amines is 1. The second-order valence-electron chi connectivity index (χ2n) is 8.12. The highest BCUT2D eigenvalue weighted by atomic mass is 15.2. The van der Waals surface area contributed by atoms with E-state index in [9.17, 15) is 0 Å². The molecular formula is C28H21N7. The molecule has 2 aromatic carbocycles. The lowest BCUT2D eigenvalue weighted by atomic mass is 9.96. The highest BCUT2D eigenvalue weighted by Gasteiger charge is 2.17. The van der Waals surface area contributed by atoms with Gasteiger partial charge in [-0.05, 0) is 35.4 Å². The topological polar surface area (TPSA) is 106 Å². The number of nitrogens with two attached hydrogens (primary N) is 1. The zero-order chi connectivity index (χ0) is 23.6. The Hall–Kier alpha value is -4.75. The molecule has 0 amide bonds. The summed E-state index contributed by atoms with van der Waals surface area (Å²) in [5, 5.41) is 8.34. The fourth-order valence-corrected chi connectivity index (χ4v) is 4.14. The van der Waals surface area contributed by atoms with Crippen molar-refractivity contribution in [3.8, 4) is 45.3 Å². The number of benzene rings is 2. The molecule has 0 saturated carbocycles. The Morgan fingerprint density at radius 3 is 2.29 bits per heavy atom. The minimum Gasteiger partial charge on any atom is -0.326 e. The molecule has 4 aromatic heterocycles. The molecule has 0 bridgehead atoms. The van der Waals surface area contributed by atoms with Crippen molar-refractivity contribution < 1.29 is 0 Å². The van der Waals surface area contributed by atoms with Crippen LogP contribution in [-0.4, -0.2) is 30.1 Å². The van der Waals surface area contributed by atoms with Crippen molar-refractivity contribution in [2.24, 2.45) is 5.73 Å². The van der Waals surface area contributed by atoms with Gasteiger partial charge < -0.3 is 5.73 Å². The van der Waals surface area contributed by atoms with Crippen LogP contribution in [0.1, 0.15) is 5.56 Å². The molecule has 0 unspecified atom stereocenters. The van der Waals surface area contributed by atoms with E-state index in [0.29, 0.717) is 23.9 Å². The monoisotopic (exact) mass is 455 g/mol. The van der Waals surface area contributed by atoms with E-state index in [4.69, 9.17) is 15.7 Å². The Bertz CT molecular complexity index is 1610. The van der Waals surface area contributed by atoms with E-state index >= 15 is 0 Å². The van der Waals surface area contributed by atoms with Crippen molar-refractivity contribution in [2.45, 2.75) is 6.54 Å². The average molecular weight is 456 g/mol. The Morgan fingerprint density at radius 1 is 0.714 bits per heavy atom. The number of nitrogens with zero attached hydrogens (tertiary/aromatic N) is 5. The zero-order valence-electron chi connectivity index (χ0n) is 18.8. The van der Waals surface area contributed by atoms with Crippen molar-refractivity contribution in [3.05, 3.63) is 103 Å². The molecule has 0 aliphatic rings. The summed E-state index contributed by atoms with van der Waals surface area (Å²) in [4.78, 5) is 18.5. The minimum atomic E-state index is 0.505. The van der Waals surface area contributed by atoms with Crippen LogP contribution in [0.3, 0.4) is 0 Å². The predicted molar refractivity (Wildman–Crippen MR) is 137 cm³/mol. The summed E-state index contributed by atoms with van der Waals surface area (Å²) < 4.78 is 0. The van der Waals surface area contributed by atoms with E-state index in [2.05, 4.69) is 50.5 Å². The number of fused-ring (bicyclic) bond motifs is 1. The quantitative estimate of drug-likeness (QED) is 0.367. The fraction of sp³-hybridized carbons (Fsp3) is 0.0357. The third-order valence-corrected chi connectivity index (χ3v) is 5.94. The second kappa shape index (κ2) is 8.89. The first-order chi connectivity index (χ1) is 17.3. The van der Waals surface area contributed by atoms with Crippen LogP contribution in [0.15, 0.2) is 97.5 Å². The van der Waals surface area contributed by atoms with E-state index in [1.165, 1.54) is 0 Å². The first-order valence-corrected chi connectivity index (χ1v) is 11.3. The highest BCUT2D eigenvalue weighted by Crippen LogP contribution is 2.36. The van der Waals surface area contributed by atoms with E-state index in [1.54, 1.807) is 18.6 Å². The maximum Gasteiger partial charge on any atom is 0.181 e. The molecule has 3 N–H and O–H groups in total. The third-order valence-electron chi connectivity index (χ3n) is 5.94. The van der Waals surface area contributed by atoms with Crippen molar-refractivity contribution in [2.75, 3.05) is 0 Å². The van der Waals surface area contributed by atoms with Crippen LogP contribution in [0.2, 0.25) is 0 Å². The lowest BCUT2D eigenvalue weighted by Crippen LogP contribution is -1.97. The number of hydrogen-bond donors (Lipinski definition) is 2. The number of nitrogens with one attached hydrogen (secondary N) is 1. The van der Waals surface area contributed by atoms with E-state index in [-0.39, 0.29) is 0 Å². The van der Waals surface area contributed by atoms with Crippen LogP contribution >= 0.6 is 0 Å². The number of aromatic nitrogens is 6. The number of hydrogen-bond acceptors (Lipinski definition) is 6. The van der Waals surface area contributed by atoms with Gasteiger partial charge in [0.25, 0.3) is 0 Å². The van der Waals surface area contributed by atoms with Crippen LogP contribution in [0, 0.1) is 0 Å². The molecular weight excluding hydrogens is 434 g/mol. The molecule has 0 aliphatic heterocycles.